The lowest BCUT2D eigenvalue weighted by molar-refractivity contribution is 0.103. The molecule has 0 radical (unpaired) electrons. The summed E-state index contributed by atoms with van der Waals surface area (Å²) in [7, 11) is 0. The molecule has 0 aliphatic rings. The van der Waals surface area contributed by atoms with Gasteiger partial charge >= 0.3 is 0 Å². The van der Waals surface area contributed by atoms with Crippen LogP contribution < -0.4 is 5.32 Å². The number of nitrogens with zero attached hydrogens (tertiary/aromatic N) is 1. The van der Waals surface area contributed by atoms with E-state index in [0.717, 1.165) is 0 Å². The van der Waals surface area contributed by atoms with Gasteiger partial charge in [0.2, 0.25) is 0 Å². The van der Waals surface area contributed by atoms with Crippen molar-refractivity contribution in [1.29, 1.82) is 0 Å². The molecule has 0 saturated carbocycles. The van der Waals surface area contributed by atoms with Crippen LogP contribution in [0.15, 0.2) is 23.6 Å². The van der Waals surface area contributed by atoms with Crippen LogP contribution in [-0.4, -0.2) is 10.9 Å². The quantitative estimate of drug-likeness (QED) is 0.848. The molecule has 1 N–H and O–H groups in total. The Labute approximate surface area is 112 Å². The van der Waals surface area contributed by atoms with Gasteiger partial charge in [-0.2, -0.15) is 0 Å². The summed E-state index contributed by atoms with van der Waals surface area (Å²) in [5.74, 6) is -0.239. The van der Waals surface area contributed by atoms with Gasteiger partial charge in [0.1, 0.15) is 10.0 Å². The molecule has 0 bridgehead atoms. The molecule has 88 valence electrons. The maximum atomic E-state index is 11.9. The highest BCUT2D eigenvalue weighted by atomic mass is 35.5. The van der Waals surface area contributed by atoms with E-state index in [0.29, 0.717) is 26.4 Å². The van der Waals surface area contributed by atoms with E-state index in [1.54, 1.807) is 30.5 Å². The van der Waals surface area contributed by atoms with Crippen molar-refractivity contribution in [3.63, 3.8) is 0 Å². The second-order valence-electron chi connectivity index (χ2n) is 3.32. The van der Waals surface area contributed by atoms with Crippen molar-refractivity contribution in [2.75, 3.05) is 5.32 Å². The number of pyridine rings is 1. The van der Waals surface area contributed by atoms with Gasteiger partial charge in [-0.1, -0.05) is 23.2 Å². The standard InChI is InChI=1S/C11H8Cl2N2OS/c1-6-8(2-3-9(13)14-6)15-11(16)10-7(12)4-5-17-10/h2-5H,1H3,(H,15,16). The molecular formula is C11H8Cl2N2OS. The molecule has 2 heterocycles. The number of anilines is 1. The van der Waals surface area contributed by atoms with Crippen molar-refractivity contribution in [2.24, 2.45) is 0 Å². The van der Waals surface area contributed by atoms with Gasteiger partial charge in [-0.15, -0.1) is 11.3 Å². The van der Waals surface area contributed by atoms with Gasteiger partial charge in [0.15, 0.2) is 0 Å². The minimum Gasteiger partial charge on any atom is -0.320 e. The molecule has 0 aromatic carbocycles. The van der Waals surface area contributed by atoms with Crippen LogP contribution in [0.25, 0.3) is 0 Å². The Balaban J connectivity index is 2.22. The molecule has 3 nitrogen and oxygen atoms in total. The lowest BCUT2D eigenvalue weighted by atomic mass is 10.3. The van der Waals surface area contributed by atoms with Gasteiger partial charge in [-0.25, -0.2) is 4.98 Å². The predicted molar refractivity (Wildman–Crippen MR) is 71.3 cm³/mol. The summed E-state index contributed by atoms with van der Waals surface area (Å²) in [5, 5.41) is 5.36. The molecule has 0 atom stereocenters. The zero-order valence-electron chi connectivity index (χ0n) is 8.83. The van der Waals surface area contributed by atoms with Crippen LogP contribution in [0.4, 0.5) is 5.69 Å². The van der Waals surface area contributed by atoms with Crippen molar-refractivity contribution in [1.82, 2.24) is 4.98 Å². The Morgan fingerprint density at radius 2 is 2.12 bits per heavy atom. The molecule has 0 aliphatic heterocycles. The highest BCUT2D eigenvalue weighted by Crippen LogP contribution is 2.24. The Kier molecular flexibility index (Phi) is 3.66. The van der Waals surface area contributed by atoms with E-state index >= 15 is 0 Å². The van der Waals surface area contributed by atoms with Gasteiger partial charge in [-0.3, -0.25) is 4.79 Å². The van der Waals surface area contributed by atoms with Gasteiger partial charge in [0.25, 0.3) is 5.91 Å². The zero-order chi connectivity index (χ0) is 12.4. The molecule has 0 aliphatic carbocycles. The van der Waals surface area contributed by atoms with Crippen LogP contribution in [0.3, 0.4) is 0 Å². The van der Waals surface area contributed by atoms with Gasteiger partial charge < -0.3 is 5.32 Å². The first-order valence-electron chi connectivity index (χ1n) is 4.75. The van der Waals surface area contributed by atoms with Gasteiger partial charge in [0.05, 0.1) is 16.4 Å². The van der Waals surface area contributed by atoms with Crippen LogP contribution >= 0.6 is 34.5 Å². The largest absolute Gasteiger partial charge is 0.320 e. The second kappa shape index (κ2) is 5.04. The first-order valence-corrected chi connectivity index (χ1v) is 6.39. The third kappa shape index (κ3) is 2.77. The normalized spacial score (nSPS) is 10.3. The van der Waals surface area contributed by atoms with E-state index in [9.17, 15) is 4.79 Å². The summed E-state index contributed by atoms with van der Waals surface area (Å²) >= 11 is 12.9. The van der Waals surface area contributed by atoms with Gasteiger partial charge in [0, 0.05) is 0 Å². The third-order valence-corrected chi connectivity index (χ3v) is 3.67. The monoisotopic (exact) mass is 286 g/mol. The molecule has 0 spiro atoms. The number of thiophene rings is 1. The average Bonchev–Trinajstić information content (AvgIpc) is 2.68. The first-order chi connectivity index (χ1) is 8.08. The summed E-state index contributed by atoms with van der Waals surface area (Å²) in [6.45, 7) is 1.78. The highest BCUT2D eigenvalue weighted by molar-refractivity contribution is 7.12. The number of amides is 1. The number of carbonyl (C=O) groups excluding carboxylic acids is 1. The molecule has 2 aromatic rings. The average molecular weight is 287 g/mol. The summed E-state index contributed by atoms with van der Waals surface area (Å²) in [6.07, 6.45) is 0. The lowest BCUT2D eigenvalue weighted by Crippen LogP contribution is -2.12. The number of carbonyl (C=O) groups is 1. The maximum absolute atomic E-state index is 11.9. The molecule has 2 rings (SSSR count). The van der Waals surface area contributed by atoms with Crippen LogP contribution in [-0.2, 0) is 0 Å². The Morgan fingerprint density at radius 1 is 1.35 bits per heavy atom. The van der Waals surface area contributed by atoms with Crippen LogP contribution in [0.1, 0.15) is 15.4 Å². The van der Waals surface area contributed by atoms with Crippen molar-refractivity contribution in [3.8, 4) is 0 Å². The molecule has 0 saturated heterocycles. The number of rotatable bonds is 2. The fraction of sp³-hybridized carbons (Fsp3) is 0.0909. The Bertz CT molecular complexity index is 568. The fourth-order valence-corrected chi connectivity index (χ4v) is 2.52. The van der Waals surface area contributed by atoms with Crippen LogP contribution in [0, 0.1) is 6.92 Å². The zero-order valence-corrected chi connectivity index (χ0v) is 11.2. The van der Waals surface area contributed by atoms with E-state index in [1.807, 2.05) is 0 Å². The lowest BCUT2D eigenvalue weighted by Gasteiger charge is -2.06. The van der Waals surface area contributed by atoms with E-state index in [1.165, 1.54) is 11.3 Å². The van der Waals surface area contributed by atoms with E-state index in [4.69, 9.17) is 23.2 Å². The molecule has 0 fully saturated rings. The summed E-state index contributed by atoms with van der Waals surface area (Å²) in [4.78, 5) is 16.4. The number of hydrogen-bond donors (Lipinski definition) is 1. The van der Waals surface area contributed by atoms with Gasteiger partial charge in [-0.05, 0) is 30.5 Å². The summed E-state index contributed by atoms with van der Waals surface area (Å²) < 4.78 is 0. The Morgan fingerprint density at radius 3 is 2.71 bits per heavy atom. The molecule has 1 amide bonds. The summed E-state index contributed by atoms with van der Waals surface area (Å²) in [6, 6.07) is 5.03. The minimum absolute atomic E-state index is 0.239. The fourth-order valence-electron chi connectivity index (χ4n) is 1.30. The van der Waals surface area contributed by atoms with E-state index in [-0.39, 0.29) is 5.91 Å². The van der Waals surface area contributed by atoms with Crippen molar-refractivity contribution >= 4 is 46.1 Å². The maximum Gasteiger partial charge on any atom is 0.267 e. The number of halogens is 2. The highest BCUT2D eigenvalue weighted by Gasteiger charge is 2.13. The first kappa shape index (κ1) is 12.4. The molecule has 2 aromatic heterocycles. The number of aromatic nitrogens is 1. The molecule has 17 heavy (non-hydrogen) atoms. The SMILES string of the molecule is Cc1nc(Cl)ccc1NC(=O)c1sccc1Cl. The van der Waals surface area contributed by atoms with E-state index < -0.39 is 0 Å². The van der Waals surface area contributed by atoms with Crippen molar-refractivity contribution in [2.45, 2.75) is 6.92 Å². The number of hydrogen-bond acceptors (Lipinski definition) is 3. The van der Waals surface area contributed by atoms with Crippen molar-refractivity contribution < 1.29 is 4.79 Å². The second-order valence-corrected chi connectivity index (χ2v) is 5.03. The number of aryl methyl sites for hydroxylation is 1. The van der Waals surface area contributed by atoms with Crippen LogP contribution in [0.5, 0.6) is 0 Å². The van der Waals surface area contributed by atoms with Crippen LogP contribution in [0.2, 0.25) is 10.2 Å². The van der Waals surface area contributed by atoms with Crippen molar-refractivity contribution in [3.05, 3.63) is 44.3 Å². The number of nitrogens with one attached hydrogen (secondary N) is 1. The third-order valence-electron chi connectivity index (χ3n) is 2.12. The minimum atomic E-state index is -0.239. The predicted octanol–water partition coefficient (Wildman–Crippen LogP) is 4.01. The summed E-state index contributed by atoms with van der Waals surface area (Å²) in [5.41, 5.74) is 1.29. The smallest absolute Gasteiger partial charge is 0.267 e. The molecule has 0 unspecified atom stereocenters. The van der Waals surface area contributed by atoms with E-state index in [2.05, 4.69) is 10.3 Å². The Hall–Kier alpha value is -1.10. The topological polar surface area (TPSA) is 42.0 Å². The molecule has 6 heteroatoms. The molecular weight excluding hydrogens is 279 g/mol.